The molecule has 0 aliphatic rings. The van der Waals surface area contributed by atoms with Crippen molar-refractivity contribution in [2.24, 2.45) is 9.89 Å². The minimum atomic E-state index is 0.0735. The van der Waals surface area contributed by atoms with Crippen molar-refractivity contribution < 1.29 is 0 Å². The molecule has 0 aromatic rings. The minimum absolute atomic E-state index is 0.0735. The van der Waals surface area contributed by atoms with E-state index in [2.05, 4.69) is 39.1 Å². The van der Waals surface area contributed by atoms with Crippen LogP contribution in [0, 0.1) is 5.41 Å². The Hall–Kier alpha value is 0.200. The van der Waals surface area contributed by atoms with E-state index in [0.29, 0.717) is 5.41 Å². The summed E-state index contributed by atoms with van der Waals surface area (Å²) in [5.41, 5.74) is 0.392. The third-order valence-corrected chi connectivity index (χ3v) is 2.51. The van der Waals surface area contributed by atoms with Crippen LogP contribution in [0.4, 0.5) is 0 Å². The van der Waals surface area contributed by atoms with Gasteiger partial charge >= 0.3 is 0 Å². The molecule has 2 nitrogen and oxygen atoms in total. The van der Waals surface area contributed by atoms with E-state index in [0.717, 1.165) is 16.5 Å². The molecule has 0 bridgehead atoms. The normalized spacial score (nSPS) is 13.2. The molecule has 0 spiro atoms. The summed E-state index contributed by atoms with van der Waals surface area (Å²) in [5.74, 6) is 0. The molecule has 0 amide bonds. The Morgan fingerprint density at radius 2 is 1.69 bits per heavy atom. The Kier molecular flexibility index (Phi) is 4.69. The molecule has 0 N–H and O–H groups in total. The molecule has 0 aliphatic carbocycles. The standard InChI is InChI=1S/C9H20N2S2/c1-8(2,3)7-9(4,5)11(6)10-13-12/h7H2,1-6H3. The lowest BCUT2D eigenvalue weighted by Crippen LogP contribution is -2.40. The van der Waals surface area contributed by atoms with Gasteiger partial charge in [0.25, 0.3) is 0 Å². The zero-order valence-electron chi connectivity index (χ0n) is 9.42. The first-order valence-corrected chi connectivity index (χ1v) is 6.13. The van der Waals surface area contributed by atoms with Crippen molar-refractivity contribution >= 4 is 21.3 Å². The van der Waals surface area contributed by atoms with Crippen LogP contribution in [0.5, 0.6) is 0 Å². The van der Waals surface area contributed by atoms with Crippen LogP contribution < -0.4 is 0 Å². The maximum absolute atomic E-state index is 4.75. The van der Waals surface area contributed by atoms with Crippen molar-refractivity contribution in [3.05, 3.63) is 0 Å². The Morgan fingerprint density at radius 3 is 2.00 bits per heavy atom. The molecule has 13 heavy (non-hydrogen) atoms. The van der Waals surface area contributed by atoms with Gasteiger partial charge in [-0.05, 0) is 25.7 Å². The molecule has 78 valence electrons. The first kappa shape index (κ1) is 13.2. The van der Waals surface area contributed by atoms with Gasteiger partial charge in [-0.15, -0.1) is 4.47 Å². The predicted octanol–water partition coefficient (Wildman–Crippen LogP) is 2.78. The van der Waals surface area contributed by atoms with E-state index in [1.165, 1.54) is 0 Å². The Bertz CT molecular complexity index is 212. The second-order valence-corrected chi connectivity index (χ2v) is 5.99. The lowest BCUT2D eigenvalue weighted by molar-refractivity contribution is 0.110. The summed E-state index contributed by atoms with van der Waals surface area (Å²) in [6, 6.07) is 0. The van der Waals surface area contributed by atoms with Crippen molar-refractivity contribution in [2.45, 2.75) is 46.6 Å². The fourth-order valence-electron chi connectivity index (χ4n) is 1.57. The van der Waals surface area contributed by atoms with Gasteiger partial charge in [0.05, 0.1) is 0 Å². The van der Waals surface area contributed by atoms with Gasteiger partial charge in [-0.1, -0.05) is 20.8 Å². The zero-order valence-corrected chi connectivity index (χ0v) is 11.1. The van der Waals surface area contributed by atoms with Gasteiger partial charge in [-0.2, -0.15) is 5.01 Å². The molecular formula is C9H20N2S2. The first-order chi connectivity index (χ1) is 5.69. The predicted molar refractivity (Wildman–Crippen MR) is 63.1 cm³/mol. The number of hydrogen-bond donors (Lipinski definition) is 0. The Labute approximate surface area is 90.1 Å². The van der Waals surface area contributed by atoms with Crippen molar-refractivity contribution in [1.82, 2.24) is 5.01 Å². The van der Waals surface area contributed by atoms with Crippen LogP contribution in [0.2, 0.25) is 0 Å². The summed E-state index contributed by atoms with van der Waals surface area (Å²) >= 11 is 4.75. The number of rotatable bonds is 3. The average molecular weight is 220 g/mol. The third kappa shape index (κ3) is 5.49. The lowest BCUT2D eigenvalue weighted by Gasteiger charge is -2.36. The van der Waals surface area contributed by atoms with E-state index in [4.69, 9.17) is 11.2 Å². The molecule has 0 aliphatic heterocycles. The summed E-state index contributed by atoms with van der Waals surface area (Å²) < 4.78 is 4.15. The molecule has 0 unspecified atom stereocenters. The van der Waals surface area contributed by atoms with E-state index in [-0.39, 0.29) is 5.54 Å². The molecule has 0 rings (SSSR count). The van der Waals surface area contributed by atoms with Crippen LogP contribution in [0.1, 0.15) is 41.0 Å². The molecule has 0 saturated heterocycles. The van der Waals surface area contributed by atoms with E-state index >= 15 is 0 Å². The number of hydrogen-bond acceptors (Lipinski definition) is 2. The first-order valence-electron chi connectivity index (χ1n) is 4.43. The van der Waals surface area contributed by atoms with E-state index in [9.17, 15) is 0 Å². The van der Waals surface area contributed by atoms with Crippen LogP contribution in [0.15, 0.2) is 4.47 Å². The number of nitrogens with zero attached hydrogens (tertiary/aromatic N) is 2. The largest absolute Gasteiger partial charge is 0.186 e. The Morgan fingerprint density at radius 1 is 1.23 bits per heavy atom. The maximum Gasteiger partial charge on any atom is 0.0477 e. The highest BCUT2D eigenvalue weighted by Gasteiger charge is 2.29. The summed E-state index contributed by atoms with van der Waals surface area (Å²) in [6.45, 7) is 11.1. The van der Waals surface area contributed by atoms with Crippen LogP contribution in [0.25, 0.3) is 0 Å². The molecule has 0 aromatic heterocycles. The van der Waals surface area contributed by atoms with Crippen molar-refractivity contribution in [3.63, 3.8) is 0 Å². The maximum atomic E-state index is 4.75. The van der Waals surface area contributed by atoms with Gasteiger partial charge in [0, 0.05) is 33.9 Å². The SMILES string of the molecule is CN(N=S=S)C(C)(C)CC(C)(C)C. The van der Waals surface area contributed by atoms with Gasteiger partial charge in [0.15, 0.2) is 0 Å². The van der Waals surface area contributed by atoms with Gasteiger partial charge in [-0.25, -0.2) is 0 Å². The smallest absolute Gasteiger partial charge is 0.0477 e. The quantitative estimate of drug-likeness (QED) is 0.680. The third-order valence-electron chi connectivity index (χ3n) is 1.99. The molecule has 0 atom stereocenters. The van der Waals surface area contributed by atoms with Crippen molar-refractivity contribution in [1.29, 1.82) is 0 Å². The summed E-state index contributed by atoms with van der Waals surface area (Å²) in [4.78, 5) is 0. The highest BCUT2D eigenvalue weighted by Crippen LogP contribution is 2.30. The zero-order chi connectivity index (χ0) is 10.7. The lowest BCUT2D eigenvalue weighted by atomic mass is 9.81. The van der Waals surface area contributed by atoms with Gasteiger partial charge in [0.1, 0.15) is 0 Å². The summed E-state index contributed by atoms with van der Waals surface area (Å²) in [7, 11) is 3.07. The highest BCUT2D eigenvalue weighted by atomic mass is 32.8. The van der Waals surface area contributed by atoms with Crippen molar-refractivity contribution in [2.75, 3.05) is 7.05 Å². The second-order valence-electron chi connectivity index (χ2n) is 5.23. The second kappa shape index (κ2) is 4.62. The molecule has 0 aromatic carbocycles. The van der Waals surface area contributed by atoms with E-state index in [1.807, 2.05) is 12.1 Å². The molecule has 0 radical (unpaired) electrons. The molecule has 0 fully saturated rings. The van der Waals surface area contributed by atoms with Gasteiger partial charge in [0.2, 0.25) is 0 Å². The van der Waals surface area contributed by atoms with Gasteiger partial charge < -0.3 is 0 Å². The summed E-state index contributed by atoms with van der Waals surface area (Å²) in [6.07, 6.45) is 1.09. The van der Waals surface area contributed by atoms with Crippen LogP contribution in [-0.4, -0.2) is 17.6 Å². The monoisotopic (exact) mass is 220 g/mol. The van der Waals surface area contributed by atoms with Gasteiger partial charge in [-0.3, -0.25) is 0 Å². The Balaban J connectivity index is 4.47. The van der Waals surface area contributed by atoms with E-state index in [1.54, 1.807) is 0 Å². The topological polar surface area (TPSA) is 15.6 Å². The van der Waals surface area contributed by atoms with E-state index < -0.39 is 0 Å². The average Bonchev–Trinajstić information content (AvgIpc) is 1.82. The highest BCUT2D eigenvalue weighted by molar-refractivity contribution is 8.12. The van der Waals surface area contributed by atoms with Crippen LogP contribution in [-0.2, 0) is 21.3 Å². The summed E-state index contributed by atoms with van der Waals surface area (Å²) in [5, 5.41) is 1.95. The molecule has 4 heteroatoms. The van der Waals surface area contributed by atoms with Crippen LogP contribution in [0.3, 0.4) is 0 Å². The van der Waals surface area contributed by atoms with Crippen LogP contribution >= 0.6 is 0 Å². The minimum Gasteiger partial charge on any atom is -0.186 e. The molecular weight excluding hydrogens is 200 g/mol. The fraction of sp³-hybridized carbons (Fsp3) is 1.00. The fourth-order valence-corrected chi connectivity index (χ4v) is 2.19. The van der Waals surface area contributed by atoms with Crippen molar-refractivity contribution in [3.8, 4) is 0 Å². The molecule has 0 saturated carbocycles. The molecule has 0 heterocycles.